The Bertz CT molecular complexity index is 467. The van der Waals surface area contributed by atoms with Gasteiger partial charge in [-0.1, -0.05) is 0 Å². The van der Waals surface area contributed by atoms with Gasteiger partial charge in [-0.2, -0.15) is 0 Å². The molecule has 1 heterocycles. The van der Waals surface area contributed by atoms with Crippen LogP contribution < -0.4 is 11.1 Å². The summed E-state index contributed by atoms with van der Waals surface area (Å²) in [6.07, 6.45) is -0.717. The summed E-state index contributed by atoms with van der Waals surface area (Å²) in [7, 11) is 0. The number of carbonyl (C=O) groups excluding carboxylic acids is 1. The van der Waals surface area contributed by atoms with E-state index in [4.69, 9.17) is 20.4 Å². The molecule has 8 heteroatoms. The molecule has 0 aliphatic rings. The van der Waals surface area contributed by atoms with E-state index in [2.05, 4.69) is 0 Å². The first-order valence-electron chi connectivity index (χ1n) is 4.98. The van der Waals surface area contributed by atoms with E-state index in [1.54, 1.807) is 0 Å². The Morgan fingerprint density at radius 1 is 1.33 bits per heavy atom. The lowest BCUT2D eigenvalue weighted by molar-refractivity contribution is -0.145. The first-order chi connectivity index (χ1) is 8.43. The van der Waals surface area contributed by atoms with Crippen LogP contribution in [0.5, 0.6) is 0 Å². The van der Waals surface area contributed by atoms with Gasteiger partial charge in [-0.05, 0) is 12.1 Å². The number of aliphatic carboxylic acids is 2. The van der Waals surface area contributed by atoms with E-state index in [9.17, 15) is 14.4 Å². The Morgan fingerprint density at radius 2 is 2.00 bits per heavy atom. The second-order valence-corrected chi connectivity index (χ2v) is 3.43. The predicted octanol–water partition coefficient (Wildman–Crippen LogP) is -0.604. The Kier molecular flexibility index (Phi) is 4.44. The first kappa shape index (κ1) is 13.7. The topological polar surface area (TPSA) is 143 Å². The van der Waals surface area contributed by atoms with E-state index < -0.39 is 30.3 Å². The maximum Gasteiger partial charge on any atom is 0.326 e. The van der Waals surface area contributed by atoms with Gasteiger partial charge >= 0.3 is 11.9 Å². The molecule has 1 rings (SSSR count). The summed E-state index contributed by atoms with van der Waals surface area (Å²) in [5.74, 6) is -3.32. The maximum atomic E-state index is 11.6. The van der Waals surface area contributed by atoms with Crippen molar-refractivity contribution in [3.8, 4) is 0 Å². The number of amides is 1. The number of carboxylic acid groups (broad SMARTS) is 2. The standard InChI is InChI=1S/C10H12N2O6/c11-4-5-1-2-7(18-5)9(15)12-6(10(16)17)3-8(13)14/h1-2,6H,3-4,11H2,(H,12,15)(H,13,14)(H,16,17). The lowest BCUT2D eigenvalue weighted by Gasteiger charge is -2.10. The van der Waals surface area contributed by atoms with Crippen LogP contribution in [0.15, 0.2) is 16.5 Å². The summed E-state index contributed by atoms with van der Waals surface area (Å²) >= 11 is 0. The van der Waals surface area contributed by atoms with Crippen LogP contribution in [0, 0.1) is 0 Å². The van der Waals surface area contributed by atoms with Gasteiger partial charge in [0.25, 0.3) is 5.91 Å². The Labute approximate surface area is 101 Å². The summed E-state index contributed by atoms with van der Waals surface area (Å²) < 4.78 is 5.00. The molecular formula is C10H12N2O6. The van der Waals surface area contributed by atoms with Crippen LogP contribution in [-0.2, 0) is 16.1 Å². The Morgan fingerprint density at radius 3 is 2.44 bits per heavy atom. The minimum absolute atomic E-state index is 0.102. The third-order valence-electron chi connectivity index (χ3n) is 2.07. The lowest BCUT2D eigenvalue weighted by Crippen LogP contribution is -2.42. The molecule has 18 heavy (non-hydrogen) atoms. The highest BCUT2D eigenvalue weighted by atomic mass is 16.4. The van der Waals surface area contributed by atoms with Crippen LogP contribution in [0.1, 0.15) is 22.7 Å². The smallest absolute Gasteiger partial charge is 0.326 e. The molecule has 0 bridgehead atoms. The molecule has 0 spiro atoms. The fraction of sp³-hybridized carbons (Fsp3) is 0.300. The molecule has 0 aliphatic carbocycles. The molecule has 5 N–H and O–H groups in total. The number of nitrogens with two attached hydrogens (primary N) is 1. The van der Waals surface area contributed by atoms with Gasteiger partial charge in [0.1, 0.15) is 11.8 Å². The Hall–Kier alpha value is -2.35. The normalized spacial score (nSPS) is 11.8. The van der Waals surface area contributed by atoms with E-state index in [1.807, 2.05) is 5.32 Å². The van der Waals surface area contributed by atoms with Gasteiger partial charge in [-0.3, -0.25) is 9.59 Å². The maximum absolute atomic E-state index is 11.6. The fourth-order valence-corrected chi connectivity index (χ4v) is 1.21. The summed E-state index contributed by atoms with van der Waals surface area (Å²) in [4.78, 5) is 32.7. The number of hydrogen-bond donors (Lipinski definition) is 4. The zero-order valence-corrected chi connectivity index (χ0v) is 9.25. The van der Waals surface area contributed by atoms with Crippen LogP contribution in [0.4, 0.5) is 0 Å². The van der Waals surface area contributed by atoms with Crippen molar-refractivity contribution in [2.75, 3.05) is 0 Å². The van der Waals surface area contributed by atoms with Crippen molar-refractivity contribution in [1.82, 2.24) is 5.32 Å². The monoisotopic (exact) mass is 256 g/mol. The van der Waals surface area contributed by atoms with Crippen LogP contribution in [0.2, 0.25) is 0 Å². The number of rotatable bonds is 6. The molecule has 1 amide bonds. The highest BCUT2D eigenvalue weighted by molar-refractivity contribution is 5.95. The van der Waals surface area contributed by atoms with Gasteiger partial charge in [0.2, 0.25) is 0 Å². The molecule has 0 aromatic carbocycles. The van der Waals surface area contributed by atoms with Crippen molar-refractivity contribution in [2.24, 2.45) is 5.73 Å². The fourth-order valence-electron chi connectivity index (χ4n) is 1.21. The van der Waals surface area contributed by atoms with Gasteiger partial charge in [-0.25, -0.2) is 4.79 Å². The number of hydrogen-bond acceptors (Lipinski definition) is 5. The quantitative estimate of drug-likeness (QED) is 0.531. The highest BCUT2D eigenvalue weighted by Gasteiger charge is 2.24. The SMILES string of the molecule is NCc1ccc(C(=O)NC(CC(=O)O)C(=O)O)o1. The molecule has 1 aromatic heterocycles. The summed E-state index contributed by atoms with van der Waals surface area (Å²) in [6, 6.07) is 1.29. The molecule has 0 radical (unpaired) electrons. The second-order valence-electron chi connectivity index (χ2n) is 3.43. The molecular weight excluding hydrogens is 244 g/mol. The van der Waals surface area contributed by atoms with E-state index in [0.717, 1.165) is 0 Å². The number of furan rings is 1. The van der Waals surface area contributed by atoms with Crippen LogP contribution in [0.3, 0.4) is 0 Å². The molecule has 0 saturated carbocycles. The molecule has 98 valence electrons. The Balaban J connectivity index is 2.71. The third-order valence-corrected chi connectivity index (χ3v) is 2.07. The van der Waals surface area contributed by atoms with Crippen molar-refractivity contribution in [3.63, 3.8) is 0 Å². The van der Waals surface area contributed by atoms with Crippen molar-refractivity contribution in [1.29, 1.82) is 0 Å². The zero-order valence-electron chi connectivity index (χ0n) is 9.25. The molecule has 0 fully saturated rings. The summed E-state index contributed by atoms with van der Waals surface area (Å²) in [5, 5.41) is 19.3. The molecule has 0 aliphatic heterocycles. The van der Waals surface area contributed by atoms with Crippen molar-refractivity contribution in [2.45, 2.75) is 19.0 Å². The third kappa shape index (κ3) is 3.59. The summed E-state index contributed by atoms with van der Waals surface area (Å²) in [6.45, 7) is 0.102. The van der Waals surface area contributed by atoms with Gasteiger partial charge in [0.05, 0.1) is 13.0 Å². The van der Waals surface area contributed by atoms with Gasteiger partial charge in [0.15, 0.2) is 5.76 Å². The predicted molar refractivity (Wildman–Crippen MR) is 57.7 cm³/mol. The first-order valence-corrected chi connectivity index (χ1v) is 4.98. The largest absolute Gasteiger partial charge is 0.481 e. The van der Waals surface area contributed by atoms with Crippen LogP contribution in [0.25, 0.3) is 0 Å². The second kappa shape index (κ2) is 5.82. The molecule has 1 unspecified atom stereocenters. The van der Waals surface area contributed by atoms with Gasteiger partial charge in [-0.15, -0.1) is 0 Å². The van der Waals surface area contributed by atoms with Crippen LogP contribution in [-0.4, -0.2) is 34.1 Å². The molecule has 1 atom stereocenters. The van der Waals surface area contributed by atoms with Crippen molar-refractivity contribution in [3.05, 3.63) is 23.7 Å². The van der Waals surface area contributed by atoms with E-state index in [1.165, 1.54) is 12.1 Å². The molecule has 8 nitrogen and oxygen atoms in total. The van der Waals surface area contributed by atoms with Crippen molar-refractivity contribution >= 4 is 17.8 Å². The van der Waals surface area contributed by atoms with E-state index in [0.29, 0.717) is 5.76 Å². The molecule has 0 saturated heterocycles. The molecule has 1 aromatic rings. The minimum Gasteiger partial charge on any atom is -0.481 e. The number of carbonyl (C=O) groups is 3. The minimum atomic E-state index is -1.51. The number of carboxylic acids is 2. The lowest BCUT2D eigenvalue weighted by atomic mass is 10.2. The van der Waals surface area contributed by atoms with E-state index >= 15 is 0 Å². The highest BCUT2D eigenvalue weighted by Crippen LogP contribution is 2.07. The summed E-state index contributed by atoms with van der Waals surface area (Å²) in [5.41, 5.74) is 5.28. The zero-order chi connectivity index (χ0) is 13.7. The number of nitrogens with one attached hydrogen (secondary N) is 1. The average molecular weight is 256 g/mol. The van der Waals surface area contributed by atoms with Gasteiger partial charge in [0, 0.05) is 0 Å². The van der Waals surface area contributed by atoms with Crippen LogP contribution >= 0.6 is 0 Å². The average Bonchev–Trinajstić information content (AvgIpc) is 2.75. The van der Waals surface area contributed by atoms with Crippen molar-refractivity contribution < 1.29 is 29.0 Å². The van der Waals surface area contributed by atoms with Gasteiger partial charge < -0.3 is 25.7 Å². The van der Waals surface area contributed by atoms with E-state index in [-0.39, 0.29) is 12.3 Å².